The second kappa shape index (κ2) is 13.4. The predicted molar refractivity (Wildman–Crippen MR) is 141 cm³/mol. The lowest BCUT2D eigenvalue weighted by molar-refractivity contribution is 0.210. The average Bonchev–Trinajstić information content (AvgIpc) is 2.83. The van der Waals surface area contributed by atoms with Gasteiger partial charge in [-0.2, -0.15) is 5.10 Å². The van der Waals surface area contributed by atoms with Crippen LogP contribution in [-0.2, 0) is 0 Å². The van der Waals surface area contributed by atoms with E-state index in [0.717, 1.165) is 22.3 Å². The van der Waals surface area contributed by atoms with Crippen molar-refractivity contribution in [2.45, 2.75) is 44.9 Å². The van der Waals surface area contributed by atoms with Crippen LogP contribution in [-0.4, -0.2) is 38.2 Å². The molecular formula is C25H32BrN3O3S. The first kappa shape index (κ1) is 25.3. The van der Waals surface area contributed by atoms with Crippen molar-refractivity contribution in [1.29, 1.82) is 0 Å². The first-order valence-corrected chi connectivity index (χ1v) is 12.6. The zero-order valence-corrected chi connectivity index (χ0v) is 21.6. The molecule has 3 rings (SSSR count). The number of hydrazone groups is 1. The Morgan fingerprint density at radius 3 is 2.55 bits per heavy atom. The lowest BCUT2D eigenvalue weighted by Crippen LogP contribution is -2.31. The maximum Gasteiger partial charge on any atom is 0.186 e. The summed E-state index contributed by atoms with van der Waals surface area (Å²) in [4.78, 5) is 0. The number of benzene rings is 2. The van der Waals surface area contributed by atoms with Crippen molar-refractivity contribution in [2.75, 3.05) is 26.9 Å². The molecule has 0 saturated heterocycles. The molecule has 6 nitrogen and oxygen atoms in total. The van der Waals surface area contributed by atoms with Gasteiger partial charge in [-0.1, -0.05) is 31.4 Å². The van der Waals surface area contributed by atoms with Crippen LogP contribution < -0.4 is 25.0 Å². The Bertz CT molecular complexity index is 931. The molecule has 0 unspecified atom stereocenters. The summed E-state index contributed by atoms with van der Waals surface area (Å²) in [6.45, 7) is 3.54. The Balaban J connectivity index is 1.50. The third-order valence-electron chi connectivity index (χ3n) is 5.52. The summed E-state index contributed by atoms with van der Waals surface area (Å²) >= 11 is 8.65. The van der Waals surface area contributed by atoms with Gasteiger partial charge in [0.05, 0.1) is 17.8 Å². The van der Waals surface area contributed by atoms with E-state index in [0.29, 0.717) is 35.7 Å². The molecule has 1 saturated carbocycles. The van der Waals surface area contributed by atoms with Crippen molar-refractivity contribution in [3.63, 3.8) is 0 Å². The molecule has 0 heterocycles. The maximum absolute atomic E-state index is 5.94. The topological polar surface area (TPSA) is 64.1 Å². The molecule has 0 amide bonds. The van der Waals surface area contributed by atoms with Crippen LogP contribution in [0.25, 0.3) is 0 Å². The average molecular weight is 535 g/mol. The lowest BCUT2D eigenvalue weighted by Gasteiger charge is -2.22. The van der Waals surface area contributed by atoms with E-state index in [9.17, 15) is 0 Å². The third-order valence-corrected chi connectivity index (χ3v) is 6.35. The summed E-state index contributed by atoms with van der Waals surface area (Å²) < 4.78 is 18.1. The van der Waals surface area contributed by atoms with Gasteiger partial charge in [0.1, 0.15) is 19.0 Å². The van der Waals surface area contributed by atoms with Gasteiger partial charge in [-0.15, -0.1) is 0 Å². The van der Waals surface area contributed by atoms with Gasteiger partial charge in [0.25, 0.3) is 0 Å². The van der Waals surface area contributed by atoms with Gasteiger partial charge in [-0.25, -0.2) is 0 Å². The normalized spacial score (nSPS) is 14.2. The molecule has 0 bridgehead atoms. The van der Waals surface area contributed by atoms with E-state index in [2.05, 4.69) is 56.0 Å². The molecule has 2 aromatic carbocycles. The second-order valence-electron chi connectivity index (χ2n) is 7.86. The van der Waals surface area contributed by atoms with Gasteiger partial charge in [-0.3, -0.25) is 5.43 Å². The van der Waals surface area contributed by atoms with Crippen LogP contribution in [0.2, 0.25) is 0 Å². The van der Waals surface area contributed by atoms with Crippen molar-refractivity contribution in [3.8, 4) is 17.2 Å². The molecule has 0 aliphatic heterocycles. The smallest absolute Gasteiger partial charge is 0.186 e. The molecule has 0 atom stereocenters. The van der Waals surface area contributed by atoms with Crippen LogP contribution in [0, 0.1) is 0 Å². The van der Waals surface area contributed by atoms with Crippen molar-refractivity contribution in [2.24, 2.45) is 5.10 Å². The Labute approximate surface area is 210 Å². The summed E-state index contributed by atoms with van der Waals surface area (Å²) in [5.74, 6) is 2.80. The summed E-state index contributed by atoms with van der Waals surface area (Å²) in [6.07, 6.45) is 8.33. The molecule has 1 fully saturated rings. The van der Waals surface area contributed by atoms with Gasteiger partial charge in [-0.05, 0) is 89.2 Å². The first-order valence-electron chi connectivity index (χ1n) is 11.4. The molecule has 2 aromatic rings. The number of nitrogens with zero attached hydrogens (tertiary/aromatic N) is 1. The summed E-state index contributed by atoms with van der Waals surface area (Å²) in [6, 6.07) is 12.3. The molecule has 1 aliphatic carbocycles. The minimum absolute atomic E-state index is 0.394. The highest BCUT2D eigenvalue weighted by atomic mass is 79.9. The first-order chi connectivity index (χ1) is 16.1. The van der Waals surface area contributed by atoms with E-state index in [-0.39, 0.29) is 0 Å². The monoisotopic (exact) mass is 533 g/mol. The van der Waals surface area contributed by atoms with Gasteiger partial charge < -0.3 is 19.5 Å². The van der Waals surface area contributed by atoms with Gasteiger partial charge in [0.15, 0.2) is 16.6 Å². The number of methoxy groups -OCH3 is 1. The third kappa shape index (κ3) is 7.89. The largest absolute Gasteiger partial charge is 0.493 e. The second-order valence-corrected chi connectivity index (χ2v) is 9.13. The molecule has 0 aromatic heterocycles. The summed E-state index contributed by atoms with van der Waals surface area (Å²) in [5.41, 5.74) is 5.03. The van der Waals surface area contributed by atoms with Crippen molar-refractivity contribution in [3.05, 3.63) is 52.0 Å². The quantitative estimate of drug-likeness (QED) is 0.174. The van der Waals surface area contributed by atoms with Crippen molar-refractivity contribution >= 4 is 39.5 Å². The molecule has 2 N–H and O–H groups in total. The Kier molecular flexibility index (Phi) is 10.3. The standard InChI is InChI=1S/C25H32BrN3O3S/c1-3-27-25(33)29-28-17-18-15-22(26)24(23(16-18)30-2)32-14-13-31-21-11-9-20(10-12-21)19-7-5-4-6-8-19/h9-12,15-17,19H,3-8,13-14H2,1-2H3,(H2,27,29,33)/b28-17-. The number of ether oxygens (including phenoxy) is 3. The van der Waals surface area contributed by atoms with E-state index >= 15 is 0 Å². The number of thiocarbonyl (C=S) groups is 1. The van der Waals surface area contributed by atoms with E-state index in [1.54, 1.807) is 13.3 Å². The fourth-order valence-electron chi connectivity index (χ4n) is 3.90. The molecule has 8 heteroatoms. The fraction of sp³-hybridized carbons (Fsp3) is 0.440. The van der Waals surface area contributed by atoms with Crippen molar-refractivity contribution in [1.82, 2.24) is 10.7 Å². The Hall–Kier alpha value is -2.32. The van der Waals surface area contributed by atoms with E-state index in [1.807, 2.05) is 19.1 Å². The van der Waals surface area contributed by atoms with Crippen molar-refractivity contribution < 1.29 is 14.2 Å². The SMILES string of the molecule is CCNC(=S)N/N=C\c1cc(Br)c(OCCOc2ccc(C3CCCCC3)cc2)c(OC)c1. The number of rotatable bonds is 10. The van der Waals surface area contributed by atoms with Gasteiger partial charge >= 0.3 is 0 Å². The molecule has 1 aliphatic rings. The number of hydrogen-bond acceptors (Lipinski definition) is 5. The van der Waals surface area contributed by atoms with Crippen LogP contribution in [0.1, 0.15) is 56.1 Å². The van der Waals surface area contributed by atoms with Crippen LogP contribution in [0.15, 0.2) is 46.0 Å². The minimum Gasteiger partial charge on any atom is -0.493 e. The van der Waals surface area contributed by atoms with E-state index in [4.69, 9.17) is 26.4 Å². The highest BCUT2D eigenvalue weighted by Gasteiger charge is 2.15. The van der Waals surface area contributed by atoms with E-state index in [1.165, 1.54) is 37.7 Å². The minimum atomic E-state index is 0.394. The lowest BCUT2D eigenvalue weighted by atomic mass is 9.84. The number of nitrogens with one attached hydrogen (secondary N) is 2. The van der Waals surface area contributed by atoms with Gasteiger partial charge in [0, 0.05) is 6.54 Å². The molecule has 0 spiro atoms. The molecule has 0 radical (unpaired) electrons. The zero-order valence-electron chi connectivity index (χ0n) is 19.2. The van der Waals surface area contributed by atoms with Crippen LogP contribution in [0.3, 0.4) is 0 Å². The summed E-state index contributed by atoms with van der Waals surface area (Å²) in [5, 5.41) is 7.58. The number of halogens is 1. The molecule has 178 valence electrons. The Morgan fingerprint density at radius 2 is 1.85 bits per heavy atom. The van der Waals surface area contributed by atoms with Crippen LogP contribution in [0.4, 0.5) is 0 Å². The highest BCUT2D eigenvalue weighted by Crippen LogP contribution is 2.36. The predicted octanol–water partition coefficient (Wildman–Crippen LogP) is 5.78. The maximum atomic E-state index is 5.94. The Morgan fingerprint density at radius 1 is 1.12 bits per heavy atom. The van der Waals surface area contributed by atoms with Crippen LogP contribution in [0.5, 0.6) is 17.2 Å². The fourth-order valence-corrected chi connectivity index (χ4v) is 4.67. The molecular weight excluding hydrogens is 502 g/mol. The number of hydrogen-bond donors (Lipinski definition) is 2. The van der Waals surface area contributed by atoms with Gasteiger partial charge in [0.2, 0.25) is 0 Å². The highest BCUT2D eigenvalue weighted by molar-refractivity contribution is 9.10. The zero-order chi connectivity index (χ0) is 23.5. The van der Waals surface area contributed by atoms with Crippen LogP contribution >= 0.6 is 28.1 Å². The summed E-state index contributed by atoms with van der Waals surface area (Å²) in [7, 11) is 1.61. The van der Waals surface area contributed by atoms with E-state index < -0.39 is 0 Å². The molecule has 33 heavy (non-hydrogen) atoms.